The lowest BCUT2D eigenvalue weighted by atomic mass is 9.95. The number of nitrogens with zero attached hydrogens (tertiary/aromatic N) is 3. The zero-order chi connectivity index (χ0) is 27.2. The summed E-state index contributed by atoms with van der Waals surface area (Å²) in [5.74, 6) is 0.265. The molecule has 0 radical (unpaired) electrons. The Morgan fingerprint density at radius 1 is 1.05 bits per heavy atom. The molecule has 1 N–H and O–H groups in total. The summed E-state index contributed by atoms with van der Waals surface area (Å²) >= 11 is 1.10. The molecule has 14 heteroatoms. The molecule has 206 valence electrons. The summed E-state index contributed by atoms with van der Waals surface area (Å²) in [6.07, 6.45) is -1.88. The number of alkyl halides is 3. The maximum absolute atomic E-state index is 13.3. The van der Waals surface area contributed by atoms with Crippen LogP contribution in [0.25, 0.3) is 0 Å². The zero-order valence-corrected chi connectivity index (χ0v) is 22.9. The predicted octanol–water partition coefficient (Wildman–Crippen LogP) is 3.07. The summed E-state index contributed by atoms with van der Waals surface area (Å²) in [5, 5.41) is 11.7. The molecule has 0 amide bonds. The maximum atomic E-state index is 13.3. The van der Waals surface area contributed by atoms with Gasteiger partial charge in [0.1, 0.15) is 4.21 Å². The third-order valence-electron chi connectivity index (χ3n) is 6.89. The second-order valence-corrected chi connectivity index (χ2v) is 14.9. The minimum atomic E-state index is -4.86. The van der Waals surface area contributed by atoms with Gasteiger partial charge in [-0.25, -0.2) is 16.8 Å². The average Bonchev–Trinajstić information content (AvgIpc) is 3.45. The van der Waals surface area contributed by atoms with Crippen molar-refractivity contribution in [3.63, 3.8) is 0 Å². The van der Waals surface area contributed by atoms with Gasteiger partial charge in [-0.2, -0.15) is 21.8 Å². The van der Waals surface area contributed by atoms with E-state index in [0.717, 1.165) is 30.4 Å². The van der Waals surface area contributed by atoms with Gasteiger partial charge in [0.15, 0.2) is 5.60 Å². The SMILES string of the molecule is C[C@@](O)(c1ccc(N2CCN(S(=O)(=O)c3cccs3)C[C@@H]2CN(CC2CC2)S(C)(=O)=O)cc1)C(F)(F)F. The fourth-order valence-corrected chi connectivity index (χ4v) is 7.93. The minimum Gasteiger partial charge on any atom is -0.376 e. The molecule has 1 aromatic carbocycles. The monoisotopic (exact) mass is 581 g/mol. The number of thiophene rings is 1. The first kappa shape index (κ1) is 28.3. The third-order valence-corrected chi connectivity index (χ3v) is 11.4. The van der Waals surface area contributed by atoms with Gasteiger partial charge in [0.25, 0.3) is 10.0 Å². The van der Waals surface area contributed by atoms with Crippen molar-refractivity contribution in [1.29, 1.82) is 0 Å². The Hall–Kier alpha value is -1.71. The number of hydrogen-bond donors (Lipinski definition) is 1. The Kier molecular flexibility index (Phi) is 7.74. The lowest BCUT2D eigenvalue weighted by molar-refractivity contribution is -0.258. The number of aliphatic hydroxyl groups is 1. The first-order valence-corrected chi connectivity index (χ1v) is 15.9. The van der Waals surface area contributed by atoms with E-state index < -0.39 is 37.9 Å². The van der Waals surface area contributed by atoms with E-state index in [9.17, 15) is 35.1 Å². The van der Waals surface area contributed by atoms with E-state index in [-0.39, 0.29) is 41.9 Å². The lowest BCUT2D eigenvalue weighted by Gasteiger charge is -2.43. The molecule has 37 heavy (non-hydrogen) atoms. The van der Waals surface area contributed by atoms with Crippen LogP contribution in [0.3, 0.4) is 0 Å². The zero-order valence-electron chi connectivity index (χ0n) is 20.4. The number of rotatable bonds is 9. The number of anilines is 1. The van der Waals surface area contributed by atoms with E-state index in [1.54, 1.807) is 11.4 Å². The molecule has 1 aromatic heterocycles. The normalized spacial score (nSPS) is 21.8. The summed E-state index contributed by atoms with van der Waals surface area (Å²) in [6, 6.07) is 7.84. The Morgan fingerprint density at radius 3 is 2.22 bits per heavy atom. The molecule has 2 aromatic rings. The van der Waals surface area contributed by atoms with Crippen molar-refractivity contribution in [3.8, 4) is 0 Å². The van der Waals surface area contributed by atoms with Crippen LogP contribution < -0.4 is 4.90 Å². The van der Waals surface area contributed by atoms with Gasteiger partial charge in [-0.05, 0) is 54.8 Å². The molecule has 2 atom stereocenters. The summed E-state index contributed by atoms with van der Waals surface area (Å²) in [4.78, 5) is 1.83. The molecule has 0 spiro atoms. The average molecular weight is 582 g/mol. The molecule has 1 aliphatic heterocycles. The highest BCUT2D eigenvalue weighted by atomic mass is 32.2. The molecule has 1 saturated carbocycles. The van der Waals surface area contributed by atoms with E-state index in [4.69, 9.17) is 0 Å². The molecular formula is C23H30F3N3O5S3. The van der Waals surface area contributed by atoms with Gasteiger partial charge in [0, 0.05) is 38.4 Å². The van der Waals surface area contributed by atoms with Crippen molar-refractivity contribution >= 4 is 37.1 Å². The molecule has 2 aliphatic rings. The van der Waals surface area contributed by atoms with E-state index in [0.29, 0.717) is 19.2 Å². The largest absolute Gasteiger partial charge is 0.421 e. The second-order valence-electron chi connectivity index (χ2n) is 9.78. The smallest absolute Gasteiger partial charge is 0.376 e. The Morgan fingerprint density at radius 2 is 1.70 bits per heavy atom. The Bertz CT molecular complexity index is 1290. The molecule has 8 nitrogen and oxygen atoms in total. The standard InChI is InChI=1S/C23H30F3N3O5S3/c1-22(30,23(24,25)26)18-7-9-19(10-8-18)29-12-11-27(37(33,34)21-4-3-13-35-21)15-20(29)16-28(36(2,31)32)14-17-5-6-17/h3-4,7-10,13,17,20,30H,5-6,11-12,14-16H2,1-2H3/t20-,22-/m1/s1. The van der Waals surface area contributed by atoms with Crippen LogP contribution in [0.15, 0.2) is 46.0 Å². The number of sulfonamides is 2. The van der Waals surface area contributed by atoms with Gasteiger partial charge >= 0.3 is 6.18 Å². The summed E-state index contributed by atoms with van der Waals surface area (Å²) in [5.41, 5.74) is -2.85. The van der Waals surface area contributed by atoms with Crippen LogP contribution in [0.4, 0.5) is 18.9 Å². The summed E-state index contributed by atoms with van der Waals surface area (Å²) in [7, 11) is -7.36. The van der Waals surface area contributed by atoms with Gasteiger partial charge in [-0.3, -0.25) is 0 Å². The number of halogens is 3. The van der Waals surface area contributed by atoms with Crippen LogP contribution in [0.2, 0.25) is 0 Å². The summed E-state index contributed by atoms with van der Waals surface area (Å²) < 4.78 is 94.3. The number of piperazine rings is 1. The van der Waals surface area contributed by atoms with Gasteiger partial charge in [-0.15, -0.1) is 11.3 Å². The van der Waals surface area contributed by atoms with Crippen molar-refractivity contribution < 1.29 is 35.1 Å². The second kappa shape index (κ2) is 10.1. The molecule has 4 rings (SSSR count). The molecule has 0 unspecified atom stereocenters. The van der Waals surface area contributed by atoms with Crippen molar-refractivity contribution in [2.24, 2.45) is 5.92 Å². The highest BCUT2D eigenvalue weighted by Gasteiger charge is 2.51. The molecule has 1 aliphatic carbocycles. The minimum absolute atomic E-state index is 0.0128. The molecule has 0 bridgehead atoms. The van der Waals surface area contributed by atoms with Gasteiger partial charge in [-0.1, -0.05) is 18.2 Å². The van der Waals surface area contributed by atoms with Crippen molar-refractivity contribution in [1.82, 2.24) is 8.61 Å². The fraction of sp³-hybridized carbons (Fsp3) is 0.565. The van der Waals surface area contributed by atoms with Crippen molar-refractivity contribution in [2.75, 3.05) is 43.9 Å². The fourth-order valence-electron chi connectivity index (χ4n) is 4.39. The lowest BCUT2D eigenvalue weighted by Crippen LogP contribution is -2.59. The van der Waals surface area contributed by atoms with Gasteiger partial charge in [0.2, 0.25) is 10.0 Å². The highest BCUT2D eigenvalue weighted by Crippen LogP contribution is 2.39. The first-order chi connectivity index (χ1) is 17.1. The number of hydrogen-bond acceptors (Lipinski definition) is 7. The Labute approximate surface area is 219 Å². The van der Waals surface area contributed by atoms with Crippen molar-refractivity contribution in [3.05, 3.63) is 47.3 Å². The van der Waals surface area contributed by atoms with E-state index in [2.05, 4.69) is 0 Å². The highest BCUT2D eigenvalue weighted by molar-refractivity contribution is 7.91. The molecule has 2 heterocycles. The van der Waals surface area contributed by atoms with Crippen LogP contribution in [0.1, 0.15) is 25.3 Å². The quantitative estimate of drug-likeness (QED) is 0.489. The molecular weight excluding hydrogens is 551 g/mol. The van der Waals surface area contributed by atoms with E-state index in [1.807, 2.05) is 4.90 Å². The number of benzene rings is 1. The predicted molar refractivity (Wildman–Crippen MR) is 135 cm³/mol. The topological polar surface area (TPSA) is 98.2 Å². The van der Waals surface area contributed by atoms with Crippen LogP contribution in [0, 0.1) is 5.92 Å². The van der Waals surface area contributed by atoms with Crippen LogP contribution in [0.5, 0.6) is 0 Å². The van der Waals surface area contributed by atoms with Crippen LogP contribution in [-0.2, 0) is 25.6 Å². The van der Waals surface area contributed by atoms with Crippen molar-refractivity contribution in [2.45, 2.75) is 41.8 Å². The van der Waals surface area contributed by atoms with Gasteiger partial charge < -0.3 is 10.0 Å². The van der Waals surface area contributed by atoms with Gasteiger partial charge in [0.05, 0.1) is 12.3 Å². The molecule has 1 saturated heterocycles. The third kappa shape index (κ3) is 6.14. The first-order valence-electron chi connectivity index (χ1n) is 11.8. The Balaban J connectivity index is 1.64. The van der Waals surface area contributed by atoms with E-state index >= 15 is 0 Å². The van der Waals surface area contributed by atoms with E-state index in [1.165, 1.54) is 38.9 Å². The maximum Gasteiger partial charge on any atom is 0.421 e. The van der Waals surface area contributed by atoms with Crippen LogP contribution >= 0.6 is 11.3 Å². The molecule has 2 fully saturated rings. The summed E-state index contributed by atoms with van der Waals surface area (Å²) in [6.45, 7) is 1.41. The van der Waals surface area contributed by atoms with Crippen LogP contribution in [-0.4, -0.2) is 81.8 Å².